The van der Waals surface area contributed by atoms with Gasteiger partial charge in [-0.2, -0.15) is 0 Å². The van der Waals surface area contributed by atoms with Crippen LogP contribution in [0.5, 0.6) is 0 Å². The Bertz CT molecular complexity index is 147. The van der Waals surface area contributed by atoms with Crippen molar-refractivity contribution in [2.45, 2.75) is 12.8 Å². The van der Waals surface area contributed by atoms with Crippen LogP contribution in [0, 0.1) is 0 Å². The van der Waals surface area contributed by atoms with Gasteiger partial charge in [-0.1, -0.05) is 0 Å². The highest BCUT2D eigenvalue weighted by Crippen LogP contribution is 1.97. The number of imide groups is 1. The van der Waals surface area contributed by atoms with Crippen molar-refractivity contribution in [1.29, 1.82) is 0 Å². The van der Waals surface area contributed by atoms with Gasteiger partial charge < -0.3 is 5.32 Å². The first-order valence-corrected chi connectivity index (χ1v) is 3.34. The standard InChI is InChI=1S/C6H10N2O2/c9-5-8-4-2-1-3-7-6(8)10/h5H,1-4H2,(H,7,10). The fraction of sp³-hybridized carbons (Fsp3) is 0.667. The molecule has 0 bridgehead atoms. The summed E-state index contributed by atoms with van der Waals surface area (Å²) in [4.78, 5) is 22.2. The molecule has 1 aliphatic heterocycles. The normalized spacial score (nSPS) is 19.6. The number of amides is 3. The van der Waals surface area contributed by atoms with E-state index in [0.29, 0.717) is 19.5 Å². The molecule has 1 rings (SSSR count). The van der Waals surface area contributed by atoms with Crippen molar-refractivity contribution in [3.63, 3.8) is 0 Å². The fourth-order valence-corrected chi connectivity index (χ4v) is 0.906. The van der Waals surface area contributed by atoms with Crippen LogP contribution in [0.2, 0.25) is 0 Å². The molecular formula is C6H10N2O2. The van der Waals surface area contributed by atoms with Crippen LogP contribution in [-0.2, 0) is 4.79 Å². The summed E-state index contributed by atoms with van der Waals surface area (Å²) < 4.78 is 0. The Labute approximate surface area is 59.2 Å². The van der Waals surface area contributed by atoms with Gasteiger partial charge in [0.15, 0.2) is 0 Å². The third kappa shape index (κ3) is 1.46. The number of hydrogen-bond donors (Lipinski definition) is 1. The Morgan fingerprint density at radius 2 is 2.30 bits per heavy atom. The van der Waals surface area contributed by atoms with Crippen LogP contribution in [-0.4, -0.2) is 30.4 Å². The van der Waals surface area contributed by atoms with Crippen molar-refractivity contribution >= 4 is 12.4 Å². The number of hydrogen-bond acceptors (Lipinski definition) is 2. The molecule has 56 valence electrons. The van der Waals surface area contributed by atoms with Crippen molar-refractivity contribution in [3.05, 3.63) is 0 Å². The molecule has 0 atom stereocenters. The van der Waals surface area contributed by atoms with Crippen molar-refractivity contribution in [2.24, 2.45) is 0 Å². The first-order chi connectivity index (χ1) is 4.84. The lowest BCUT2D eigenvalue weighted by Crippen LogP contribution is -2.37. The summed E-state index contributed by atoms with van der Waals surface area (Å²) in [5.41, 5.74) is 0. The Morgan fingerprint density at radius 1 is 1.50 bits per heavy atom. The summed E-state index contributed by atoms with van der Waals surface area (Å²) in [7, 11) is 0. The highest BCUT2D eigenvalue weighted by molar-refractivity contribution is 5.84. The van der Waals surface area contributed by atoms with E-state index in [-0.39, 0.29) is 6.03 Å². The lowest BCUT2D eigenvalue weighted by atomic mass is 10.3. The first kappa shape index (κ1) is 7.05. The average molecular weight is 142 g/mol. The molecule has 1 aliphatic rings. The Hall–Kier alpha value is -1.06. The zero-order valence-electron chi connectivity index (χ0n) is 5.67. The summed E-state index contributed by atoms with van der Waals surface area (Å²) in [5, 5.41) is 2.60. The second-order valence-electron chi connectivity index (χ2n) is 2.24. The minimum atomic E-state index is -0.271. The SMILES string of the molecule is O=CN1CCCCNC1=O. The number of nitrogens with zero attached hydrogens (tertiary/aromatic N) is 1. The third-order valence-corrected chi connectivity index (χ3v) is 1.49. The molecule has 0 aromatic heterocycles. The van der Waals surface area contributed by atoms with Gasteiger partial charge in [-0.3, -0.25) is 9.69 Å². The lowest BCUT2D eigenvalue weighted by molar-refractivity contribution is -0.115. The molecular weight excluding hydrogens is 132 g/mol. The van der Waals surface area contributed by atoms with Crippen LogP contribution < -0.4 is 5.32 Å². The van der Waals surface area contributed by atoms with Crippen molar-refractivity contribution in [1.82, 2.24) is 10.2 Å². The van der Waals surface area contributed by atoms with Crippen LogP contribution in [0.3, 0.4) is 0 Å². The van der Waals surface area contributed by atoms with E-state index in [4.69, 9.17) is 0 Å². The number of urea groups is 1. The zero-order valence-corrected chi connectivity index (χ0v) is 5.67. The molecule has 0 radical (unpaired) electrons. The highest BCUT2D eigenvalue weighted by atomic mass is 16.2. The Kier molecular flexibility index (Phi) is 2.25. The number of carbonyl (C=O) groups is 2. The topological polar surface area (TPSA) is 49.4 Å². The highest BCUT2D eigenvalue weighted by Gasteiger charge is 2.13. The molecule has 10 heavy (non-hydrogen) atoms. The predicted octanol–water partition coefficient (Wildman–Crippen LogP) is -0.0518. The van der Waals surface area contributed by atoms with Gasteiger partial charge in [0.2, 0.25) is 6.41 Å². The average Bonchev–Trinajstić information content (AvgIpc) is 2.13. The van der Waals surface area contributed by atoms with E-state index in [0.717, 1.165) is 17.7 Å². The van der Waals surface area contributed by atoms with Gasteiger partial charge in [-0.25, -0.2) is 4.79 Å². The molecule has 1 saturated heterocycles. The third-order valence-electron chi connectivity index (χ3n) is 1.49. The van der Waals surface area contributed by atoms with E-state index >= 15 is 0 Å². The zero-order chi connectivity index (χ0) is 7.40. The van der Waals surface area contributed by atoms with Crippen molar-refractivity contribution in [2.75, 3.05) is 13.1 Å². The van der Waals surface area contributed by atoms with E-state index < -0.39 is 0 Å². The summed E-state index contributed by atoms with van der Waals surface area (Å²) in [6.45, 7) is 1.23. The summed E-state index contributed by atoms with van der Waals surface area (Å²) in [5.74, 6) is 0. The first-order valence-electron chi connectivity index (χ1n) is 3.34. The van der Waals surface area contributed by atoms with E-state index in [1.54, 1.807) is 0 Å². The summed E-state index contributed by atoms with van der Waals surface area (Å²) >= 11 is 0. The molecule has 0 spiro atoms. The maximum atomic E-state index is 10.8. The molecule has 0 aliphatic carbocycles. The van der Waals surface area contributed by atoms with Gasteiger partial charge >= 0.3 is 6.03 Å². The van der Waals surface area contributed by atoms with Gasteiger partial charge in [0.05, 0.1) is 0 Å². The second kappa shape index (κ2) is 3.20. The largest absolute Gasteiger partial charge is 0.338 e. The maximum absolute atomic E-state index is 10.8. The van der Waals surface area contributed by atoms with E-state index in [1.165, 1.54) is 0 Å². The summed E-state index contributed by atoms with van der Waals surface area (Å²) in [6, 6.07) is -0.271. The van der Waals surface area contributed by atoms with Gasteiger partial charge in [0.25, 0.3) is 0 Å². The van der Waals surface area contributed by atoms with Gasteiger partial charge in [0.1, 0.15) is 0 Å². The van der Waals surface area contributed by atoms with Crippen LogP contribution >= 0.6 is 0 Å². The number of nitrogens with one attached hydrogen (secondary N) is 1. The van der Waals surface area contributed by atoms with Gasteiger partial charge in [0, 0.05) is 13.1 Å². The van der Waals surface area contributed by atoms with E-state index in [9.17, 15) is 9.59 Å². The fourth-order valence-electron chi connectivity index (χ4n) is 0.906. The quantitative estimate of drug-likeness (QED) is 0.522. The lowest BCUT2D eigenvalue weighted by Gasteiger charge is -2.10. The molecule has 4 heteroatoms. The molecule has 4 nitrogen and oxygen atoms in total. The van der Waals surface area contributed by atoms with Crippen molar-refractivity contribution in [3.8, 4) is 0 Å². The minimum Gasteiger partial charge on any atom is -0.338 e. The van der Waals surface area contributed by atoms with Crippen LogP contribution in [0.25, 0.3) is 0 Å². The smallest absolute Gasteiger partial charge is 0.323 e. The molecule has 1 fully saturated rings. The number of rotatable bonds is 1. The van der Waals surface area contributed by atoms with Crippen molar-refractivity contribution < 1.29 is 9.59 Å². The van der Waals surface area contributed by atoms with Crippen LogP contribution in [0.1, 0.15) is 12.8 Å². The van der Waals surface area contributed by atoms with Crippen LogP contribution in [0.4, 0.5) is 4.79 Å². The van der Waals surface area contributed by atoms with E-state index in [2.05, 4.69) is 5.32 Å². The monoisotopic (exact) mass is 142 g/mol. The molecule has 0 unspecified atom stereocenters. The molecule has 1 heterocycles. The maximum Gasteiger partial charge on any atom is 0.323 e. The van der Waals surface area contributed by atoms with Gasteiger partial charge in [-0.15, -0.1) is 0 Å². The Morgan fingerprint density at radius 3 is 3.00 bits per heavy atom. The molecule has 1 N–H and O–H groups in total. The van der Waals surface area contributed by atoms with Gasteiger partial charge in [-0.05, 0) is 12.8 Å². The Balaban J connectivity index is 2.51. The summed E-state index contributed by atoms with van der Waals surface area (Å²) in [6.07, 6.45) is 2.42. The number of carbonyl (C=O) groups excluding carboxylic acids is 2. The predicted molar refractivity (Wildman–Crippen MR) is 35.4 cm³/mol. The molecule has 0 aromatic rings. The minimum absolute atomic E-state index is 0.271. The second-order valence-corrected chi connectivity index (χ2v) is 2.24. The van der Waals surface area contributed by atoms with E-state index in [1.807, 2.05) is 0 Å². The molecule has 0 aromatic carbocycles. The molecule has 0 saturated carbocycles. The van der Waals surface area contributed by atoms with Crippen LogP contribution in [0.15, 0.2) is 0 Å². The molecule has 3 amide bonds.